The summed E-state index contributed by atoms with van der Waals surface area (Å²) in [5.74, 6) is -0.215. The minimum Gasteiger partial charge on any atom is -0.481 e. The predicted octanol–water partition coefficient (Wildman–Crippen LogP) is 2.00. The highest BCUT2D eigenvalue weighted by Crippen LogP contribution is 2.38. The topological polar surface area (TPSA) is 102 Å². The molecule has 0 saturated carbocycles. The Morgan fingerprint density at radius 3 is 2.45 bits per heavy atom. The second-order valence-electron chi connectivity index (χ2n) is 8.67. The third-order valence-electron chi connectivity index (χ3n) is 6.47. The van der Waals surface area contributed by atoms with Crippen LogP contribution in [0, 0.1) is 0 Å². The fourth-order valence-corrected chi connectivity index (χ4v) is 4.61. The summed E-state index contributed by atoms with van der Waals surface area (Å²) in [6, 6.07) is 6.72. The molecule has 1 aromatic rings. The third-order valence-corrected chi connectivity index (χ3v) is 6.47. The van der Waals surface area contributed by atoms with Crippen molar-refractivity contribution >= 4 is 23.5 Å². The van der Waals surface area contributed by atoms with E-state index in [2.05, 4.69) is 5.32 Å². The number of ketones is 1. The van der Waals surface area contributed by atoms with Gasteiger partial charge in [-0.25, -0.2) is 0 Å². The van der Waals surface area contributed by atoms with Gasteiger partial charge in [-0.05, 0) is 63.3 Å². The van der Waals surface area contributed by atoms with Crippen LogP contribution in [-0.4, -0.2) is 59.3 Å². The van der Waals surface area contributed by atoms with Crippen LogP contribution in [0.1, 0.15) is 62.2 Å². The zero-order chi connectivity index (χ0) is 22.0. The number of nitrogens with one attached hydrogen (secondary N) is 1. The van der Waals surface area contributed by atoms with Crippen molar-refractivity contribution in [3.63, 3.8) is 0 Å². The molecule has 1 N–H and O–H groups in total. The van der Waals surface area contributed by atoms with Gasteiger partial charge in [-0.2, -0.15) is 0 Å². The summed E-state index contributed by atoms with van der Waals surface area (Å²) in [6.07, 6.45) is 3.75. The van der Waals surface area contributed by atoms with Crippen LogP contribution in [0.4, 0.5) is 0 Å². The standard InChI is InChI=1S/C23H28N2O6/c1-15(26)18-3-2-10-23(31-18)11-13-25(14-12-23)22(29)16-4-6-17(7-5-16)30-19-8-9-20(27)24-21(19)28/h4-7,18-19H,2-3,8-14H2,1H3,(H,24,27,28). The van der Waals surface area contributed by atoms with Crippen molar-refractivity contribution in [2.75, 3.05) is 13.1 Å². The molecule has 4 rings (SSSR count). The number of Topliss-reactive ketones (excluding diaryl/α,β-unsaturated/α-hetero) is 1. The number of ether oxygens (including phenoxy) is 2. The molecular formula is C23H28N2O6. The Morgan fingerprint density at radius 2 is 1.81 bits per heavy atom. The van der Waals surface area contributed by atoms with E-state index in [-0.39, 0.29) is 35.7 Å². The van der Waals surface area contributed by atoms with Crippen molar-refractivity contribution in [2.45, 2.75) is 69.7 Å². The molecule has 8 heteroatoms. The molecule has 166 valence electrons. The normalized spacial score (nSPS) is 25.8. The van der Waals surface area contributed by atoms with Crippen molar-refractivity contribution in [3.05, 3.63) is 29.8 Å². The summed E-state index contributed by atoms with van der Waals surface area (Å²) in [7, 11) is 0. The molecule has 3 fully saturated rings. The first-order chi connectivity index (χ1) is 14.8. The van der Waals surface area contributed by atoms with Crippen LogP contribution in [0.15, 0.2) is 24.3 Å². The van der Waals surface area contributed by atoms with Crippen LogP contribution in [0.25, 0.3) is 0 Å². The molecule has 8 nitrogen and oxygen atoms in total. The Morgan fingerprint density at radius 1 is 1.10 bits per heavy atom. The molecule has 0 radical (unpaired) electrons. The van der Waals surface area contributed by atoms with E-state index in [0.29, 0.717) is 30.8 Å². The maximum atomic E-state index is 12.9. The van der Waals surface area contributed by atoms with Gasteiger partial charge in [0.05, 0.1) is 5.60 Å². The molecule has 3 aliphatic rings. The smallest absolute Gasteiger partial charge is 0.267 e. The van der Waals surface area contributed by atoms with Crippen molar-refractivity contribution in [1.82, 2.24) is 10.2 Å². The highest BCUT2D eigenvalue weighted by molar-refractivity contribution is 6.00. The molecule has 0 aromatic heterocycles. The van der Waals surface area contributed by atoms with Crippen LogP contribution >= 0.6 is 0 Å². The molecule has 3 heterocycles. The average Bonchev–Trinajstić information content (AvgIpc) is 2.76. The second-order valence-corrected chi connectivity index (χ2v) is 8.67. The molecule has 1 aromatic carbocycles. The fraction of sp³-hybridized carbons (Fsp3) is 0.565. The van der Waals surface area contributed by atoms with E-state index >= 15 is 0 Å². The van der Waals surface area contributed by atoms with Crippen LogP contribution in [0.5, 0.6) is 5.75 Å². The SMILES string of the molecule is CC(=O)C1CCCC2(CCN(C(=O)c3ccc(OC4CCC(=O)NC4=O)cc3)CC2)O1. The Labute approximate surface area is 181 Å². The number of carbonyl (C=O) groups excluding carboxylic acids is 4. The molecule has 3 aliphatic heterocycles. The number of amides is 3. The van der Waals surface area contributed by atoms with Crippen LogP contribution in [0.3, 0.4) is 0 Å². The zero-order valence-corrected chi connectivity index (χ0v) is 17.7. The van der Waals surface area contributed by atoms with Crippen molar-refractivity contribution in [2.24, 2.45) is 0 Å². The molecule has 3 saturated heterocycles. The first-order valence-corrected chi connectivity index (χ1v) is 10.9. The second kappa shape index (κ2) is 8.78. The minimum atomic E-state index is -0.702. The third kappa shape index (κ3) is 4.79. The summed E-state index contributed by atoms with van der Waals surface area (Å²) in [5.41, 5.74) is 0.267. The van der Waals surface area contributed by atoms with Gasteiger partial charge in [-0.3, -0.25) is 24.5 Å². The monoisotopic (exact) mass is 428 g/mol. The maximum Gasteiger partial charge on any atom is 0.267 e. The number of imide groups is 1. The minimum absolute atomic E-state index is 0.0543. The van der Waals surface area contributed by atoms with E-state index in [0.717, 1.165) is 32.1 Å². The lowest BCUT2D eigenvalue weighted by Crippen LogP contribution is -2.52. The molecule has 0 aliphatic carbocycles. The Bertz CT molecular complexity index is 873. The molecule has 2 atom stereocenters. The zero-order valence-electron chi connectivity index (χ0n) is 17.7. The van der Waals surface area contributed by atoms with Gasteiger partial charge in [0.2, 0.25) is 5.91 Å². The average molecular weight is 428 g/mol. The predicted molar refractivity (Wildman–Crippen MR) is 111 cm³/mol. The number of hydrogen-bond acceptors (Lipinski definition) is 6. The lowest BCUT2D eigenvalue weighted by molar-refractivity contribution is -0.166. The van der Waals surface area contributed by atoms with Crippen molar-refractivity contribution in [3.8, 4) is 5.75 Å². The lowest BCUT2D eigenvalue weighted by atomic mass is 9.82. The first kappa shape index (κ1) is 21.5. The highest BCUT2D eigenvalue weighted by Gasteiger charge is 2.42. The van der Waals surface area contributed by atoms with Crippen molar-refractivity contribution in [1.29, 1.82) is 0 Å². The van der Waals surface area contributed by atoms with Gasteiger partial charge in [0, 0.05) is 31.5 Å². The van der Waals surface area contributed by atoms with Gasteiger partial charge in [-0.1, -0.05) is 0 Å². The lowest BCUT2D eigenvalue weighted by Gasteiger charge is -2.46. The van der Waals surface area contributed by atoms with E-state index in [1.807, 2.05) is 4.90 Å². The number of benzene rings is 1. The van der Waals surface area contributed by atoms with Crippen LogP contribution in [-0.2, 0) is 19.1 Å². The summed E-state index contributed by atoms with van der Waals surface area (Å²) in [5, 5.41) is 2.26. The van der Waals surface area contributed by atoms with E-state index in [1.54, 1.807) is 31.2 Å². The molecule has 0 bridgehead atoms. The van der Waals surface area contributed by atoms with Gasteiger partial charge < -0.3 is 14.4 Å². The molecule has 1 spiro atoms. The number of rotatable bonds is 4. The summed E-state index contributed by atoms with van der Waals surface area (Å²) in [6.45, 7) is 2.77. The molecule has 3 amide bonds. The van der Waals surface area contributed by atoms with Gasteiger partial charge in [0.1, 0.15) is 11.9 Å². The molecular weight excluding hydrogens is 400 g/mol. The van der Waals surface area contributed by atoms with E-state index in [9.17, 15) is 19.2 Å². The summed E-state index contributed by atoms with van der Waals surface area (Å²) >= 11 is 0. The summed E-state index contributed by atoms with van der Waals surface area (Å²) in [4.78, 5) is 49.5. The molecule has 31 heavy (non-hydrogen) atoms. The van der Waals surface area contributed by atoms with Gasteiger partial charge >= 0.3 is 0 Å². The van der Waals surface area contributed by atoms with Crippen molar-refractivity contribution < 1.29 is 28.7 Å². The highest BCUT2D eigenvalue weighted by atomic mass is 16.5. The Balaban J connectivity index is 1.32. The quantitative estimate of drug-likeness (QED) is 0.736. The maximum absolute atomic E-state index is 12.9. The van der Waals surface area contributed by atoms with E-state index < -0.39 is 12.0 Å². The van der Waals surface area contributed by atoms with E-state index in [1.165, 1.54) is 0 Å². The number of nitrogens with zero attached hydrogens (tertiary/aromatic N) is 1. The number of piperidine rings is 2. The number of likely N-dealkylation sites (tertiary alicyclic amines) is 1. The Kier molecular flexibility index (Phi) is 6.09. The Hall–Kier alpha value is -2.74. The van der Waals surface area contributed by atoms with Crippen LogP contribution < -0.4 is 10.1 Å². The first-order valence-electron chi connectivity index (χ1n) is 10.9. The van der Waals surface area contributed by atoms with Gasteiger partial charge in [0.15, 0.2) is 11.9 Å². The largest absolute Gasteiger partial charge is 0.481 e. The van der Waals surface area contributed by atoms with Gasteiger partial charge in [-0.15, -0.1) is 0 Å². The number of hydrogen-bond donors (Lipinski definition) is 1. The van der Waals surface area contributed by atoms with E-state index in [4.69, 9.17) is 9.47 Å². The molecule has 2 unspecified atom stereocenters. The number of carbonyl (C=O) groups is 4. The van der Waals surface area contributed by atoms with Crippen LogP contribution in [0.2, 0.25) is 0 Å². The summed E-state index contributed by atoms with van der Waals surface area (Å²) < 4.78 is 11.8. The fourth-order valence-electron chi connectivity index (χ4n) is 4.61. The van der Waals surface area contributed by atoms with Gasteiger partial charge in [0.25, 0.3) is 11.8 Å².